The van der Waals surface area contributed by atoms with Gasteiger partial charge in [-0.15, -0.1) is 0 Å². The molecule has 2 unspecified atom stereocenters. The van der Waals surface area contributed by atoms with Crippen LogP contribution in [-0.4, -0.2) is 18.0 Å². The Morgan fingerprint density at radius 2 is 2.11 bits per heavy atom. The van der Waals surface area contributed by atoms with Crippen LogP contribution in [0.1, 0.15) is 36.0 Å². The molecule has 0 aliphatic heterocycles. The van der Waals surface area contributed by atoms with E-state index in [-0.39, 0.29) is 17.6 Å². The van der Waals surface area contributed by atoms with E-state index < -0.39 is 11.7 Å². The summed E-state index contributed by atoms with van der Waals surface area (Å²) in [4.78, 5) is 12.0. The molecule has 0 aromatic heterocycles. The van der Waals surface area contributed by atoms with Crippen LogP contribution in [0.25, 0.3) is 0 Å². The van der Waals surface area contributed by atoms with Gasteiger partial charge in [-0.05, 0) is 31.0 Å². The van der Waals surface area contributed by atoms with Crippen LogP contribution in [0, 0.1) is 5.82 Å². The maximum absolute atomic E-state index is 13.5. The second kappa shape index (κ2) is 5.67. The van der Waals surface area contributed by atoms with Gasteiger partial charge in [0.15, 0.2) is 0 Å². The first-order valence-electron chi connectivity index (χ1n) is 6.09. The summed E-state index contributed by atoms with van der Waals surface area (Å²) in [6.07, 6.45) is 3.85. The zero-order valence-electron chi connectivity index (χ0n) is 9.96. The minimum atomic E-state index is -0.568. The molecule has 1 fully saturated rings. The maximum atomic E-state index is 13.5. The van der Waals surface area contributed by atoms with Crippen LogP contribution in [0.4, 0.5) is 4.39 Å². The molecule has 3 nitrogen and oxygen atoms in total. The van der Waals surface area contributed by atoms with E-state index in [1.165, 1.54) is 18.2 Å². The number of nitrogens with one attached hydrogen (secondary N) is 1. The van der Waals surface area contributed by atoms with E-state index in [9.17, 15) is 9.18 Å². The zero-order chi connectivity index (χ0) is 13.1. The highest BCUT2D eigenvalue weighted by Crippen LogP contribution is 2.19. The molecule has 1 aromatic carbocycles. The van der Waals surface area contributed by atoms with Gasteiger partial charge in [0, 0.05) is 17.1 Å². The van der Waals surface area contributed by atoms with E-state index in [1.807, 2.05) is 0 Å². The first kappa shape index (κ1) is 13.3. The predicted octanol–water partition coefficient (Wildman–Crippen LogP) is 2.48. The Bertz CT molecular complexity index is 453. The van der Waals surface area contributed by atoms with Crippen LogP contribution >= 0.6 is 11.6 Å². The number of rotatable bonds is 2. The van der Waals surface area contributed by atoms with Crippen molar-refractivity contribution in [2.45, 2.75) is 37.8 Å². The summed E-state index contributed by atoms with van der Waals surface area (Å²) in [5, 5.41) is 3.13. The summed E-state index contributed by atoms with van der Waals surface area (Å²) in [5.74, 6) is -1.02. The molecule has 1 aliphatic rings. The molecule has 0 bridgehead atoms. The van der Waals surface area contributed by atoms with E-state index in [1.54, 1.807) is 0 Å². The molecular weight excluding hydrogens is 255 g/mol. The number of carbonyl (C=O) groups is 1. The lowest BCUT2D eigenvalue weighted by molar-refractivity contribution is 0.0917. The monoisotopic (exact) mass is 270 g/mol. The van der Waals surface area contributed by atoms with Gasteiger partial charge in [-0.3, -0.25) is 4.79 Å². The average Bonchev–Trinajstić information content (AvgIpc) is 2.35. The molecule has 5 heteroatoms. The number of amides is 1. The van der Waals surface area contributed by atoms with Crippen LogP contribution in [0.3, 0.4) is 0 Å². The van der Waals surface area contributed by atoms with Crippen LogP contribution < -0.4 is 11.1 Å². The van der Waals surface area contributed by atoms with Gasteiger partial charge in [0.05, 0.1) is 5.56 Å². The molecule has 1 aromatic rings. The van der Waals surface area contributed by atoms with E-state index in [2.05, 4.69) is 5.32 Å². The van der Waals surface area contributed by atoms with E-state index >= 15 is 0 Å². The third-order valence-corrected chi connectivity index (χ3v) is 3.54. The SMILES string of the molecule is NC1CCCCC1NC(=O)c1cc(Cl)ccc1F. The van der Waals surface area contributed by atoms with E-state index in [0.717, 1.165) is 25.7 Å². The summed E-state index contributed by atoms with van der Waals surface area (Å²) in [7, 11) is 0. The number of hydrogen-bond acceptors (Lipinski definition) is 2. The molecule has 0 spiro atoms. The topological polar surface area (TPSA) is 55.1 Å². The maximum Gasteiger partial charge on any atom is 0.254 e. The molecule has 2 rings (SSSR count). The molecule has 0 radical (unpaired) electrons. The molecule has 98 valence electrons. The fraction of sp³-hybridized carbons (Fsp3) is 0.462. The number of hydrogen-bond donors (Lipinski definition) is 2. The van der Waals surface area contributed by atoms with Crippen LogP contribution in [-0.2, 0) is 0 Å². The Kier molecular flexibility index (Phi) is 4.19. The average molecular weight is 271 g/mol. The summed E-state index contributed by atoms with van der Waals surface area (Å²) in [6.45, 7) is 0. The van der Waals surface area contributed by atoms with Crippen LogP contribution in [0.15, 0.2) is 18.2 Å². The van der Waals surface area contributed by atoms with Crippen molar-refractivity contribution in [1.82, 2.24) is 5.32 Å². The van der Waals surface area contributed by atoms with Crippen molar-refractivity contribution in [2.75, 3.05) is 0 Å². The summed E-state index contributed by atoms with van der Waals surface area (Å²) in [6, 6.07) is 3.81. The third-order valence-electron chi connectivity index (χ3n) is 3.31. The van der Waals surface area contributed by atoms with Gasteiger partial charge >= 0.3 is 0 Å². The predicted molar refractivity (Wildman–Crippen MR) is 69.1 cm³/mol. The molecule has 1 amide bonds. The molecule has 2 atom stereocenters. The van der Waals surface area contributed by atoms with Gasteiger partial charge in [-0.25, -0.2) is 4.39 Å². The molecule has 1 saturated carbocycles. The van der Waals surface area contributed by atoms with E-state index in [4.69, 9.17) is 17.3 Å². The standard InChI is InChI=1S/C13H16ClFN2O/c14-8-5-6-10(15)9(7-8)13(18)17-12-4-2-1-3-11(12)16/h5-7,11-12H,1-4,16H2,(H,17,18). The minimum Gasteiger partial charge on any atom is -0.348 e. The molecule has 0 saturated heterocycles. The lowest BCUT2D eigenvalue weighted by atomic mass is 9.91. The van der Waals surface area contributed by atoms with Crippen molar-refractivity contribution >= 4 is 17.5 Å². The number of carbonyl (C=O) groups excluding carboxylic acids is 1. The molecule has 3 N–H and O–H groups in total. The normalized spacial score (nSPS) is 23.7. The lowest BCUT2D eigenvalue weighted by Crippen LogP contribution is -2.49. The highest BCUT2D eigenvalue weighted by atomic mass is 35.5. The van der Waals surface area contributed by atoms with Crippen molar-refractivity contribution in [3.8, 4) is 0 Å². The Morgan fingerprint density at radius 1 is 1.39 bits per heavy atom. The van der Waals surface area contributed by atoms with Crippen molar-refractivity contribution in [3.05, 3.63) is 34.6 Å². The van der Waals surface area contributed by atoms with Crippen LogP contribution in [0.5, 0.6) is 0 Å². The zero-order valence-corrected chi connectivity index (χ0v) is 10.7. The minimum absolute atomic E-state index is 0.0275. The van der Waals surface area contributed by atoms with Gasteiger partial charge in [0.2, 0.25) is 0 Å². The number of nitrogens with two attached hydrogens (primary N) is 1. The second-order valence-corrected chi connectivity index (χ2v) is 5.09. The summed E-state index contributed by atoms with van der Waals surface area (Å²) >= 11 is 5.76. The fourth-order valence-electron chi connectivity index (χ4n) is 2.26. The van der Waals surface area contributed by atoms with Gasteiger partial charge in [-0.1, -0.05) is 24.4 Å². The van der Waals surface area contributed by atoms with Crippen molar-refractivity contribution in [2.24, 2.45) is 5.73 Å². The largest absolute Gasteiger partial charge is 0.348 e. The highest BCUT2D eigenvalue weighted by Gasteiger charge is 2.24. The molecule has 0 heterocycles. The van der Waals surface area contributed by atoms with Gasteiger partial charge in [-0.2, -0.15) is 0 Å². The smallest absolute Gasteiger partial charge is 0.254 e. The quantitative estimate of drug-likeness (QED) is 0.867. The first-order chi connectivity index (χ1) is 8.58. The van der Waals surface area contributed by atoms with Gasteiger partial charge < -0.3 is 11.1 Å². The number of halogens is 2. The van der Waals surface area contributed by atoms with Crippen molar-refractivity contribution < 1.29 is 9.18 Å². The Labute approximate surface area is 111 Å². The Balaban J connectivity index is 2.09. The van der Waals surface area contributed by atoms with Crippen LogP contribution in [0.2, 0.25) is 5.02 Å². The van der Waals surface area contributed by atoms with Gasteiger partial charge in [0.25, 0.3) is 5.91 Å². The Morgan fingerprint density at radius 3 is 2.83 bits per heavy atom. The second-order valence-electron chi connectivity index (χ2n) is 4.65. The highest BCUT2D eigenvalue weighted by molar-refractivity contribution is 6.31. The molecule has 18 heavy (non-hydrogen) atoms. The summed E-state index contributed by atoms with van der Waals surface area (Å²) < 4.78 is 13.5. The third kappa shape index (κ3) is 3.00. The van der Waals surface area contributed by atoms with Gasteiger partial charge in [0.1, 0.15) is 5.82 Å². The molecular formula is C13H16ClFN2O. The fourth-order valence-corrected chi connectivity index (χ4v) is 2.43. The number of benzene rings is 1. The molecule has 1 aliphatic carbocycles. The lowest BCUT2D eigenvalue weighted by Gasteiger charge is -2.29. The first-order valence-corrected chi connectivity index (χ1v) is 6.47. The Hall–Kier alpha value is -1.13. The van der Waals surface area contributed by atoms with Crippen molar-refractivity contribution in [1.29, 1.82) is 0 Å². The van der Waals surface area contributed by atoms with E-state index in [0.29, 0.717) is 5.02 Å². The summed E-state index contributed by atoms with van der Waals surface area (Å²) in [5.41, 5.74) is 5.91. The van der Waals surface area contributed by atoms with Crippen molar-refractivity contribution in [3.63, 3.8) is 0 Å².